The minimum Gasteiger partial charge on any atom is -0.390 e. The minimum atomic E-state index is -3.77. The van der Waals surface area contributed by atoms with Crippen LogP contribution in [0.4, 0.5) is 5.69 Å². The molecule has 1 aromatic heterocycles. The predicted molar refractivity (Wildman–Crippen MR) is 60.7 cm³/mol. The molecule has 0 atom stereocenters. The fourth-order valence-corrected chi connectivity index (χ4v) is 4.66. The molecule has 0 amide bonds. The summed E-state index contributed by atoms with van der Waals surface area (Å²) in [5, 5.41) is 19.6. The zero-order chi connectivity index (χ0) is 12.8. The first kappa shape index (κ1) is 12.7. The van der Waals surface area contributed by atoms with Crippen LogP contribution < -0.4 is 0 Å². The summed E-state index contributed by atoms with van der Waals surface area (Å²) in [4.78, 5) is 9.81. The smallest absolute Gasteiger partial charge is 0.300 e. The number of nitrogens with zero attached hydrogens (tertiary/aromatic N) is 2. The van der Waals surface area contributed by atoms with Gasteiger partial charge in [-0.2, -0.15) is 4.31 Å². The van der Waals surface area contributed by atoms with Gasteiger partial charge in [0.2, 0.25) is 0 Å². The molecule has 10 heteroatoms. The van der Waals surface area contributed by atoms with Gasteiger partial charge in [-0.3, -0.25) is 10.1 Å². The molecule has 0 aromatic carbocycles. The number of aliphatic hydroxyl groups excluding tert-OH is 1. The van der Waals surface area contributed by atoms with E-state index in [0.717, 1.165) is 10.4 Å². The van der Waals surface area contributed by atoms with Crippen molar-refractivity contribution in [1.29, 1.82) is 0 Å². The van der Waals surface area contributed by atoms with Crippen LogP contribution in [0, 0.1) is 10.1 Å². The van der Waals surface area contributed by atoms with E-state index in [9.17, 15) is 18.5 Å². The second kappa shape index (κ2) is 4.18. The first-order valence-electron chi connectivity index (χ1n) is 4.44. The van der Waals surface area contributed by atoms with Crippen molar-refractivity contribution in [3.63, 3.8) is 0 Å². The molecule has 2 heterocycles. The van der Waals surface area contributed by atoms with Crippen molar-refractivity contribution in [3.8, 4) is 0 Å². The highest BCUT2D eigenvalue weighted by Crippen LogP contribution is 2.38. The normalized spacial score (nSPS) is 18.0. The van der Waals surface area contributed by atoms with E-state index in [1.165, 1.54) is 0 Å². The minimum absolute atomic E-state index is 0.00561. The number of sulfonamides is 1. The lowest BCUT2D eigenvalue weighted by atomic mass is 10.2. The van der Waals surface area contributed by atoms with Gasteiger partial charge < -0.3 is 5.11 Å². The first-order valence-corrected chi connectivity index (χ1v) is 7.08. The fraction of sp³-hybridized carbons (Fsp3) is 0.429. The van der Waals surface area contributed by atoms with Crippen LogP contribution in [-0.4, -0.2) is 41.9 Å². The quantitative estimate of drug-likeness (QED) is 0.653. The number of thiophene rings is 1. The summed E-state index contributed by atoms with van der Waals surface area (Å²) < 4.78 is 24.5. The second-order valence-electron chi connectivity index (χ2n) is 3.46. The average molecular weight is 299 g/mol. The summed E-state index contributed by atoms with van der Waals surface area (Å²) in [7, 11) is -3.77. The topological polar surface area (TPSA) is 101 Å². The van der Waals surface area contributed by atoms with Gasteiger partial charge in [-0.25, -0.2) is 8.42 Å². The largest absolute Gasteiger partial charge is 0.390 e. The Morgan fingerprint density at radius 3 is 2.59 bits per heavy atom. The van der Waals surface area contributed by atoms with Crippen molar-refractivity contribution in [2.75, 3.05) is 13.1 Å². The molecule has 94 valence electrons. The number of nitro groups is 1. The summed E-state index contributed by atoms with van der Waals surface area (Å²) in [5.74, 6) is 0. The lowest BCUT2D eigenvalue weighted by Gasteiger charge is -2.33. The van der Waals surface area contributed by atoms with Gasteiger partial charge in [0, 0.05) is 19.2 Å². The van der Waals surface area contributed by atoms with Gasteiger partial charge in [-0.1, -0.05) is 11.6 Å². The molecular formula is C7H7ClN2O5S2. The molecule has 1 aromatic rings. The van der Waals surface area contributed by atoms with E-state index in [-0.39, 0.29) is 21.6 Å². The molecule has 1 fully saturated rings. The van der Waals surface area contributed by atoms with Crippen LogP contribution in [0.5, 0.6) is 0 Å². The van der Waals surface area contributed by atoms with Crippen molar-refractivity contribution < 1.29 is 18.4 Å². The molecule has 1 saturated heterocycles. The van der Waals surface area contributed by atoms with Crippen LogP contribution in [0.15, 0.2) is 10.3 Å². The first-order chi connectivity index (χ1) is 7.82. The zero-order valence-electron chi connectivity index (χ0n) is 8.24. The molecule has 0 saturated carbocycles. The third kappa shape index (κ3) is 2.16. The lowest BCUT2D eigenvalue weighted by molar-refractivity contribution is -0.384. The van der Waals surface area contributed by atoms with Gasteiger partial charge in [-0.15, -0.1) is 11.3 Å². The number of hydrogen-bond acceptors (Lipinski definition) is 6. The van der Waals surface area contributed by atoms with Crippen molar-refractivity contribution in [1.82, 2.24) is 4.31 Å². The Kier molecular flexibility index (Phi) is 3.12. The van der Waals surface area contributed by atoms with E-state index >= 15 is 0 Å². The molecule has 1 aliphatic heterocycles. The molecule has 0 aliphatic carbocycles. The molecule has 0 spiro atoms. The van der Waals surface area contributed by atoms with Crippen LogP contribution in [0.2, 0.25) is 4.34 Å². The molecular weight excluding hydrogens is 292 g/mol. The lowest BCUT2D eigenvalue weighted by Crippen LogP contribution is -2.53. The molecule has 17 heavy (non-hydrogen) atoms. The van der Waals surface area contributed by atoms with Crippen LogP contribution in [0.1, 0.15) is 0 Å². The highest BCUT2D eigenvalue weighted by atomic mass is 35.5. The van der Waals surface area contributed by atoms with Gasteiger partial charge >= 0.3 is 0 Å². The van der Waals surface area contributed by atoms with Crippen LogP contribution in [0.3, 0.4) is 0 Å². The van der Waals surface area contributed by atoms with Gasteiger partial charge in [0.1, 0.15) is 4.21 Å². The molecule has 1 N–H and O–H groups in total. The van der Waals surface area contributed by atoms with E-state index in [1.807, 2.05) is 0 Å². The van der Waals surface area contributed by atoms with Gasteiger partial charge in [0.25, 0.3) is 15.7 Å². The standard InChI is InChI=1S/C7H7ClN2O5S2/c8-7-5(10(12)13)1-6(16-7)17(14,15)9-2-4(11)3-9/h1,4,11H,2-3H2. The molecule has 2 rings (SSSR count). The Balaban J connectivity index is 2.34. The maximum atomic E-state index is 11.9. The molecule has 0 unspecified atom stereocenters. The number of halogens is 1. The second-order valence-corrected chi connectivity index (χ2v) is 7.28. The summed E-state index contributed by atoms with van der Waals surface area (Å²) in [6, 6.07) is 0.938. The third-order valence-electron chi connectivity index (χ3n) is 2.27. The summed E-state index contributed by atoms with van der Waals surface area (Å²) >= 11 is 6.23. The number of β-amino-alcohol motifs (C(OH)–C–C–N with tert-alkyl or cyclic N) is 1. The van der Waals surface area contributed by atoms with E-state index in [1.54, 1.807) is 0 Å². The summed E-state index contributed by atoms with van der Waals surface area (Å²) in [5.41, 5.74) is -0.420. The Morgan fingerprint density at radius 1 is 1.59 bits per heavy atom. The fourth-order valence-electron chi connectivity index (χ4n) is 1.33. The highest BCUT2D eigenvalue weighted by Gasteiger charge is 2.38. The summed E-state index contributed by atoms with van der Waals surface area (Å²) in [6.45, 7) is 0.0112. The average Bonchev–Trinajstić information content (AvgIpc) is 2.56. The van der Waals surface area contributed by atoms with E-state index in [0.29, 0.717) is 11.3 Å². The monoisotopic (exact) mass is 298 g/mol. The van der Waals surface area contributed by atoms with Crippen molar-refractivity contribution in [2.24, 2.45) is 0 Å². The highest BCUT2D eigenvalue weighted by molar-refractivity contribution is 7.91. The maximum Gasteiger partial charge on any atom is 0.300 e. The molecule has 7 nitrogen and oxygen atoms in total. The number of hydrogen-bond donors (Lipinski definition) is 1. The van der Waals surface area contributed by atoms with Gasteiger partial charge in [0.15, 0.2) is 4.34 Å². The summed E-state index contributed by atoms with van der Waals surface area (Å²) in [6.07, 6.45) is -0.671. The Bertz CT molecular complexity index is 563. The SMILES string of the molecule is O=[N+]([O-])c1cc(S(=O)(=O)N2CC(O)C2)sc1Cl. The molecule has 0 bridgehead atoms. The van der Waals surface area contributed by atoms with E-state index < -0.39 is 26.7 Å². The van der Waals surface area contributed by atoms with Crippen LogP contribution in [0.25, 0.3) is 0 Å². The number of rotatable bonds is 3. The maximum absolute atomic E-state index is 11.9. The molecule has 1 aliphatic rings. The van der Waals surface area contributed by atoms with Gasteiger partial charge in [0.05, 0.1) is 11.0 Å². The van der Waals surface area contributed by atoms with E-state index in [2.05, 4.69) is 0 Å². The van der Waals surface area contributed by atoms with Crippen molar-refractivity contribution in [3.05, 3.63) is 20.5 Å². The Morgan fingerprint density at radius 2 is 2.18 bits per heavy atom. The van der Waals surface area contributed by atoms with E-state index in [4.69, 9.17) is 16.7 Å². The Labute approximate surface area is 105 Å². The zero-order valence-corrected chi connectivity index (χ0v) is 10.6. The third-order valence-corrected chi connectivity index (χ3v) is 5.88. The number of aliphatic hydroxyl groups is 1. The van der Waals surface area contributed by atoms with Gasteiger partial charge in [-0.05, 0) is 0 Å². The molecule has 0 radical (unpaired) electrons. The van der Waals surface area contributed by atoms with Crippen molar-refractivity contribution >= 4 is 38.6 Å². The van der Waals surface area contributed by atoms with Crippen molar-refractivity contribution in [2.45, 2.75) is 10.3 Å². The Hall–Kier alpha value is -0.740. The predicted octanol–water partition coefficient (Wildman–Crippen LogP) is 0.675. The van der Waals surface area contributed by atoms with Crippen LogP contribution in [-0.2, 0) is 10.0 Å². The van der Waals surface area contributed by atoms with Crippen LogP contribution >= 0.6 is 22.9 Å².